The number of morpholine rings is 1. The number of carbonyl (C=O) groups is 2. The highest BCUT2D eigenvalue weighted by atomic mass is 35.5. The fourth-order valence-corrected chi connectivity index (χ4v) is 3.71. The highest BCUT2D eigenvalue weighted by Gasteiger charge is 2.26. The van der Waals surface area contributed by atoms with Crippen molar-refractivity contribution in [1.82, 2.24) is 14.7 Å². The zero-order valence-corrected chi connectivity index (χ0v) is 19.4. The Morgan fingerprint density at radius 1 is 1.18 bits per heavy atom. The van der Waals surface area contributed by atoms with Crippen LogP contribution in [0.1, 0.15) is 33.7 Å². The van der Waals surface area contributed by atoms with E-state index in [0.717, 1.165) is 0 Å². The number of nitrogens with zero attached hydrogens (tertiary/aromatic N) is 3. The Morgan fingerprint density at radius 3 is 2.73 bits per heavy atom. The summed E-state index contributed by atoms with van der Waals surface area (Å²) in [6.07, 6.45) is 1.46. The van der Waals surface area contributed by atoms with Crippen molar-refractivity contribution in [3.8, 4) is 5.75 Å². The summed E-state index contributed by atoms with van der Waals surface area (Å²) in [5.74, 6) is 0.184. The summed E-state index contributed by atoms with van der Waals surface area (Å²) in [5.41, 5.74) is 0.636. The zero-order chi connectivity index (χ0) is 23.4. The van der Waals surface area contributed by atoms with E-state index < -0.39 is 5.91 Å². The molecule has 4 rings (SSSR count). The Bertz CT molecular complexity index is 1150. The van der Waals surface area contributed by atoms with Crippen LogP contribution < -0.4 is 10.1 Å². The van der Waals surface area contributed by atoms with Crippen molar-refractivity contribution >= 4 is 40.7 Å². The van der Waals surface area contributed by atoms with Gasteiger partial charge in [0, 0.05) is 19.6 Å². The predicted molar refractivity (Wildman–Crippen MR) is 122 cm³/mol. The quantitative estimate of drug-likeness (QED) is 0.532. The minimum absolute atomic E-state index is 0.0574. The number of amides is 2. The first kappa shape index (κ1) is 23.2. The number of hydrogen-bond acceptors (Lipinski definition) is 6. The zero-order valence-electron chi connectivity index (χ0n) is 17.8. The summed E-state index contributed by atoms with van der Waals surface area (Å²) in [5, 5.41) is 7.64. The summed E-state index contributed by atoms with van der Waals surface area (Å²) >= 11 is 12.1. The van der Waals surface area contributed by atoms with Crippen LogP contribution >= 0.6 is 23.2 Å². The molecule has 0 aliphatic carbocycles. The number of ether oxygens (including phenoxy) is 2. The van der Waals surface area contributed by atoms with Gasteiger partial charge in [0.1, 0.15) is 28.8 Å². The third kappa shape index (κ3) is 5.16. The first-order chi connectivity index (χ1) is 16.0. The third-order valence-corrected chi connectivity index (χ3v) is 5.86. The van der Waals surface area contributed by atoms with Gasteiger partial charge in [-0.05, 0) is 31.2 Å². The van der Waals surface area contributed by atoms with E-state index in [-0.39, 0.29) is 18.3 Å². The molecular weight excluding hydrogens is 471 g/mol. The predicted octanol–water partition coefficient (Wildman–Crippen LogP) is 4.11. The third-order valence-electron chi connectivity index (χ3n) is 5.06. The van der Waals surface area contributed by atoms with Gasteiger partial charge in [0.15, 0.2) is 5.76 Å². The van der Waals surface area contributed by atoms with E-state index in [1.807, 2.05) is 6.92 Å². The van der Waals surface area contributed by atoms with Crippen molar-refractivity contribution in [2.75, 3.05) is 31.6 Å². The Balaban J connectivity index is 1.45. The van der Waals surface area contributed by atoms with Crippen LogP contribution in [0.15, 0.2) is 40.9 Å². The summed E-state index contributed by atoms with van der Waals surface area (Å²) in [4.78, 5) is 27.5. The normalized spacial score (nSPS) is 13.7. The van der Waals surface area contributed by atoms with E-state index in [1.54, 1.807) is 33.8 Å². The van der Waals surface area contributed by atoms with Crippen LogP contribution in [0, 0.1) is 0 Å². The highest BCUT2D eigenvalue weighted by Crippen LogP contribution is 2.32. The number of aryl methyl sites for hydroxylation is 1. The van der Waals surface area contributed by atoms with Crippen LogP contribution in [-0.4, -0.2) is 52.8 Å². The van der Waals surface area contributed by atoms with Gasteiger partial charge in [0.2, 0.25) is 0 Å². The summed E-state index contributed by atoms with van der Waals surface area (Å²) in [7, 11) is 0. The second-order valence-corrected chi connectivity index (χ2v) is 7.97. The number of furan rings is 1. The lowest BCUT2D eigenvalue weighted by molar-refractivity contribution is 0.0295. The lowest BCUT2D eigenvalue weighted by atomic mass is 10.2. The Kier molecular flexibility index (Phi) is 7.22. The summed E-state index contributed by atoms with van der Waals surface area (Å²) < 4.78 is 18.1. The smallest absolute Gasteiger partial charge is 0.291 e. The van der Waals surface area contributed by atoms with Crippen LogP contribution in [0.4, 0.5) is 5.69 Å². The van der Waals surface area contributed by atoms with Gasteiger partial charge in [0.05, 0.1) is 30.1 Å². The fraction of sp³-hybridized carbons (Fsp3) is 0.318. The van der Waals surface area contributed by atoms with Crippen LogP contribution in [0.5, 0.6) is 5.75 Å². The largest absolute Gasteiger partial charge is 0.484 e. The molecule has 0 bridgehead atoms. The molecule has 2 aromatic heterocycles. The van der Waals surface area contributed by atoms with Gasteiger partial charge in [-0.15, -0.1) is 0 Å². The van der Waals surface area contributed by atoms with Crippen LogP contribution in [0.3, 0.4) is 0 Å². The number of rotatable bonds is 7. The molecule has 1 saturated heterocycles. The van der Waals surface area contributed by atoms with Crippen molar-refractivity contribution in [2.24, 2.45) is 0 Å². The number of benzene rings is 1. The molecule has 0 radical (unpaired) electrons. The van der Waals surface area contributed by atoms with Crippen molar-refractivity contribution in [2.45, 2.75) is 20.1 Å². The summed E-state index contributed by atoms with van der Waals surface area (Å²) in [6.45, 7) is 4.34. The maximum absolute atomic E-state index is 13.1. The number of aromatic nitrogens is 2. The first-order valence-corrected chi connectivity index (χ1v) is 11.1. The van der Waals surface area contributed by atoms with Gasteiger partial charge in [-0.2, -0.15) is 5.10 Å². The lowest BCUT2D eigenvalue weighted by Crippen LogP contribution is -2.41. The highest BCUT2D eigenvalue weighted by molar-refractivity contribution is 6.42. The van der Waals surface area contributed by atoms with Crippen molar-refractivity contribution < 1.29 is 23.5 Å². The van der Waals surface area contributed by atoms with E-state index in [4.69, 9.17) is 37.1 Å². The second-order valence-electron chi connectivity index (χ2n) is 7.19. The molecule has 3 heterocycles. The molecule has 0 unspecified atom stereocenters. The van der Waals surface area contributed by atoms with Crippen LogP contribution in [0.25, 0.3) is 0 Å². The maximum Gasteiger partial charge on any atom is 0.291 e. The topological polar surface area (TPSA) is 98.8 Å². The Labute approximate surface area is 200 Å². The molecule has 2 amide bonds. The molecule has 1 aliphatic heterocycles. The molecule has 3 aromatic rings. The number of carbonyl (C=O) groups excluding carboxylic acids is 2. The molecule has 0 spiro atoms. The fourth-order valence-electron chi connectivity index (χ4n) is 3.36. The Morgan fingerprint density at radius 2 is 1.97 bits per heavy atom. The standard InChI is InChI=1S/C22H22Cl2N4O5/c1-2-28-20(22(30)27-8-10-31-11-9-27)16(12-25-28)26-21(29)18-7-6-14(33-18)13-32-17-5-3-4-15(23)19(17)24/h3-7,12H,2,8-11,13H2,1H3,(H,26,29). The van der Waals surface area contributed by atoms with E-state index in [9.17, 15) is 9.59 Å². The van der Waals surface area contributed by atoms with Crippen LogP contribution in [0.2, 0.25) is 10.0 Å². The monoisotopic (exact) mass is 492 g/mol. The number of anilines is 1. The molecule has 11 heteroatoms. The van der Waals surface area contributed by atoms with E-state index in [2.05, 4.69) is 10.4 Å². The van der Waals surface area contributed by atoms with Crippen molar-refractivity contribution in [3.05, 3.63) is 63.8 Å². The van der Waals surface area contributed by atoms with Gasteiger partial charge in [0.25, 0.3) is 11.8 Å². The van der Waals surface area contributed by atoms with Gasteiger partial charge >= 0.3 is 0 Å². The first-order valence-electron chi connectivity index (χ1n) is 10.4. The average molecular weight is 493 g/mol. The molecule has 1 aromatic carbocycles. The van der Waals surface area contributed by atoms with E-state index in [0.29, 0.717) is 65.8 Å². The average Bonchev–Trinajstić information content (AvgIpc) is 3.47. The summed E-state index contributed by atoms with van der Waals surface area (Å²) in [6, 6.07) is 8.22. The lowest BCUT2D eigenvalue weighted by Gasteiger charge is -2.27. The number of nitrogens with one attached hydrogen (secondary N) is 1. The van der Waals surface area contributed by atoms with Gasteiger partial charge < -0.3 is 24.1 Å². The second kappa shape index (κ2) is 10.3. The molecular formula is C22H22Cl2N4O5. The van der Waals surface area contributed by atoms with Crippen LogP contribution in [-0.2, 0) is 17.9 Å². The molecule has 0 atom stereocenters. The molecule has 1 N–H and O–H groups in total. The number of halogens is 2. The molecule has 33 heavy (non-hydrogen) atoms. The van der Waals surface area contributed by atoms with Gasteiger partial charge in [-0.3, -0.25) is 14.3 Å². The SMILES string of the molecule is CCn1ncc(NC(=O)c2ccc(COc3cccc(Cl)c3Cl)o2)c1C(=O)N1CCOCC1. The number of hydrogen-bond donors (Lipinski definition) is 1. The molecule has 0 saturated carbocycles. The molecule has 1 fully saturated rings. The Hall–Kier alpha value is -3.01. The van der Waals surface area contributed by atoms with Crippen molar-refractivity contribution in [3.63, 3.8) is 0 Å². The minimum atomic E-state index is -0.506. The van der Waals surface area contributed by atoms with E-state index >= 15 is 0 Å². The molecule has 1 aliphatic rings. The molecule has 174 valence electrons. The van der Waals surface area contributed by atoms with Gasteiger partial charge in [-0.1, -0.05) is 29.3 Å². The maximum atomic E-state index is 13.1. The van der Waals surface area contributed by atoms with Gasteiger partial charge in [-0.25, -0.2) is 0 Å². The molecule has 9 nitrogen and oxygen atoms in total. The van der Waals surface area contributed by atoms with E-state index in [1.165, 1.54) is 12.3 Å². The minimum Gasteiger partial charge on any atom is -0.484 e. The van der Waals surface area contributed by atoms with Crippen molar-refractivity contribution in [1.29, 1.82) is 0 Å².